The number of carbonyl (C=O) groups excluding carboxylic acids is 1. The van der Waals surface area contributed by atoms with Crippen molar-refractivity contribution < 1.29 is 18.3 Å². The van der Waals surface area contributed by atoms with Gasteiger partial charge in [0.2, 0.25) is 5.88 Å². The van der Waals surface area contributed by atoms with Gasteiger partial charge in [0.1, 0.15) is 12.8 Å². The number of alkyl halides is 1. The van der Waals surface area contributed by atoms with Gasteiger partial charge in [-0.25, -0.2) is 13.8 Å². The van der Waals surface area contributed by atoms with E-state index in [4.69, 9.17) is 4.74 Å². The topological polar surface area (TPSA) is 85.6 Å². The summed E-state index contributed by atoms with van der Waals surface area (Å²) in [5.74, 6) is -1.26. The second-order valence-corrected chi connectivity index (χ2v) is 9.19. The molecule has 5 rings (SSSR count). The van der Waals surface area contributed by atoms with E-state index < -0.39 is 17.9 Å². The Kier molecular flexibility index (Phi) is 5.81. The van der Waals surface area contributed by atoms with Gasteiger partial charge in [0, 0.05) is 43.5 Å². The van der Waals surface area contributed by atoms with E-state index in [9.17, 15) is 18.8 Å². The van der Waals surface area contributed by atoms with E-state index in [1.54, 1.807) is 18.5 Å². The van der Waals surface area contributed by atoms with Crippen molar-refractivity contribution >= 4 is 22.5 Å². The van der Waals surface area contributed by atoms with Crippen molar-refractivity contribution in [3.63, 3.8) is 0 Å². The zero-order valence-corrected chi connectivity index (χ0v) is 19.0. The largest absolute Gasteiger partial charge is 0.476 e. The Labute approximate surface area is 196 Å². The molecule has 0 spiro atoms. The van der Waals surface area contributed by atoms with Crippen molar-refractivity contribution in [3.05, 3.63) is 36.4 Å². The van der Waals surface area contributed by atoms with Gasteiger partial charge in [-0.2, -0.15) is 5.26 Å². The molecule has 0 radical (unpaired) electrons. The number of pyridine rings is 2. The molecule has 1 amide bonds. The Hall–Kier alpha value is -3.32. The zero-order valence-electron chi connectivity index (χ0n) is 19.0. The number of aromatic nitrogens is 2. The number of nitriles is 1. The quantitative estimate of drug-likeness (QED) is 0.602. The molecule has 2 aromatic heterocycles. The Morgan fingerprint density at radius 1 is 1.38 bits per heavy atom. The van der Waals surface area contributed by atoms with Gasteiger partial charge in [-0.1, -0.05) is 6.58 Å². The standard InChI is InChI=1S/C24H26F2N6O2/c1-14(25)24(33)31-8-5-20-21(31)12-32(20)22-17(3-6-27)23(29-19-4-7-28-10-18(19)22)34-13-16-9-15(26)11-30(16)2/h4,7,10,15-16,20-21H,1,3,5,8-9,11-13H2,2H3/t15-,16+,20-,21-/m1/s1. The summed E-state index contributed by atoms with van der Waals surface area (Å²) in [4.78, 5) is 26.7. The molecule has 0 saturated carbocycles. The van der Waals surface area contributed by atoms with Gasteiger partial charge >= 0.3 is 0 Å². The molecule has 0 N–H and O–H groups in total. The van der Waals surface area contributed by atoms with Crippen LogP contribution in [0.15, 0.2) is 30.9 Å². The van der Waals surface area contributed by atoms with Crippen LogP contribution in [0.5, 0.6) is 5.88 Å². The van der Waals surface area contributed by atoms with Gasteiger partial charge < -0.3 is 14.5 Å². The molecule has 3 aliphatic rings. The average Bonchev–Trinajstić information content (AvgIpc) is 3.30. The molecule has 5 heterocycles. The smallest absolute Gasteiger partial charge is 0.282 e. The third kappa shape index (κ3) is 3.74. The van der Waals surface area contributed by atoms with Crippen LogP contribution in [-0.2, 0) is 11.2 Å². The van der Waals surface area contributed by atoms with Gasteiger partial charge in [-0.3, -0.25) is 14.7 Å². The van der Waals surface area contributed by atoms with E-state index in [1.165, 1.54) is 4.90 Å². The minimum atomic E-state index is -0.953. The SMILES string of the molecule is C=C(F)C(=O)N1CC[C@@H]2[C@H]1CN2c1c(CC#N)c(OC[C@@H]2C[C@@H](F)CN2C)nc2ccncc12. The molecule has 3 saturated heterocycles. The molecule has 8 nitrogen and oxygen atoms in total. The number of carbonyl (C=O) groups is 1. The van der Waals surface area contributed by atoms with E-state index in [0.29, 0.717) is 49.4 Å². The minimum Gasteiger partial charge on any atom is -0.476 e. The molecule has 0 aromatic carbocycles. The lowest BCUT2D eigenvalue weighted by Crippen LogP contribution is -2.63. The van der Waals surface area contributed by atoms with Crippen LogP contribution in [0.3, 0.4) is 0 Å². The van der Waals surface area contributed by atoms with E-state index in [2.05, 4.69) is 27.5 Å². The second kappa shape index (κ2) is 8.80. The Morgan fingerprint density at radius 3 is 2.91 bits per heavy atom. The molecule has 0 bridgehead atoms. The highest BCUT2D eigenvalue weighted by Crippen LogP contribution is 2.44. The average molecular weight is 469 g/mol. The van der Waals surface area contributed by atoms with Crippen LogP contribution in [0.25, 0.3) is 10.9 Å². The molecule has 10 heteroatoms. The Morgan fingerprint density at radius 2 is 2.21 bits per heavy atom. The van der Waals surface area contributed by atoms with Crippen molar-refractivity contribution in [3.8, 4) is 11.9 Å². The molecule has 3 aliphatic heterocycles. The number of likely N-dealkylation sites (N-methyl/N-ethyl adjacent to an activating group) is 1. The first kappa shape index (κ1) is 22.5. The molecule has 3 fully saturated rings. The maximum Gasteiger partial charge on any atom is 0.282 e. The third-order valence-corrected chi connectivity index (χ3v) is 7.20. The van der Waals surface area contributed by atoms with Gasteiger partial charge in [-0.05, 0) is 26.0 Å². The summed E-state index contributed by atoms with van der Waals surface area (Å²) in [6.07, 6.45) is 3.64. The zero-order chi connectivity index (χ0) is 24.0. The van der Waals surface area contributed by atoms with Crippen molar-refractivity contribution in [2.75, 3.05) is 38.2 Å². The summed E-state index contributed by atoms with van der Waals surface area (Å²) in [6, 6.07) is 3.81. The number of rotatable bonds is 6. The van der Waals surface area contributed by atoms with Crippen LogP contribution in [0.4, 0.5) is 14.5 Å². The second-order valence-electron chi connectivity index (χ2n) is 9.19. The Bertz CT molecular complexity index is 1180. The van der Waals surface area contributed by atoms with Crippen LogP contribution >= 0.6 is 0 Å². The minimum absolute atomic E-state index is 0.00680. The molecular formula is C24H26F2N6O2. The monoisotopic (exact) mass is 468 g/mol. The van der Waals surface area contributed by atoms with Crippen molar-refractivity contribution in [1.29, 1.82) is 5.26 Å². The first-order valence-electron chi connectivity index (χ1n) is 11.4. The number of likely N-dealkylation sites (tertiary alicyclic amines) is 2. The normalized spacial score (nSPS) is 26.3. The van der Waals surface area contributed by atoms with E-state index in [-0.39, 0.29) is 31.2 Å². The van der Waals surface area contributed by atoms with Gasteiger partial charge in [-0.15, -0.1) is 0 Å². The third-order valence-electron chi connectivity index (χ3n) is 7.20. The molecule has 0 aliphatic carbocycles. The molecule has 0 unspecified atom stereocenters. The van der Waals surface area contributed by atoms with Crippen molar-refractivity contribution in [2.24, 2.45) is 0 Å². The van der Waals surface area contributed by atoms with Crippen LogP contribution in [0.1, 0.15) is 18.4 Å². The lowest BCUT2D eigenvalue weighted by Gasteiger charge is -2.49. The lowest BCUT2D eigenvalue weighted by atomic mass is 9.93. The summed E-state index contributed by atoms with van der Waals surface area (Å²) in [6.45, 7) is 4.74. The van der Waals surface area contributed by atoms with Crippen LogP contribution in [0.2, 0.25) is 0 Å². The summed E-state index contributed by atoms with van der Waals surface area (Å²) in [5.41, 5.74) is 2.14. The fourth-order valence-electron chi connectivity index (χ4n) is 5.46. The maximum absolute atomic E-state index is 13.8. The number of fused-ring (bicyclic) bond motifs is 2. The fourth-order valence-corrected chi connectivity index (χ4v) is 5.46. The molecule has 2 aromatic rings. The number of halogens is 2. The van der Waals surface area contributed by atoms with Gasteiger partial charge in [0.15, 0.2) is 5.83 Å². The van der Waals surface area contributed by atoms with E-state index >= 15 is 0 Å². The highest BCUT2D eigenvalue weighted by atomic mass is 19.1. The number of nitrogens with zero attached hydrogens (tertiary/aromatic N) is 6. The fraction of sp³-hybridized carbons (Fsp3) is 0.500. The van der Waals surface area contributed by atoms with Crippen LogP contribution < -0.4 is 9.64 Å². The predicted octanol–water partition coefficient (Wildman–Crippen LogP) is 2.39. The highest BCUT2D eigenvalue weighted by Gasteiger charge is 2.50. The van der Waals surface area contributed by atoms with Crippen LogP contribution in [0, 0.1) is 11.3 Å². The van der Waals surface area contributed by atoms with Crippen molar-refractivity contribution in [2.45, 2.75) is 43.6 Å². The summed E-state index contributed by atoms with van der Waals surface area (Å²) >= 11 is 0. The number of ether oxygens (including phenoxy) is 1. The molecular weight excluding hydrogens is 442 g/mol. The number of anilines is 1. The maximum atomic E-state index is 13.8. The molecule has 178 valence electrons. The summed E-state index contributed by atoms with van der Waals surface area (Å²) < 4.78 is 33.4. The Balaban J connectivity index is 1.49. The van der Waals surface area contributed by atoms with E-state index in [1.807, 2.05) is 11.9 Å². The number of hydrogen-bond donors (Lipinski definition) is 0. The first-order valence-corrected chi connectivity index (χ1v) is 11.4. The highest BCUT2D eigenvalue weighted by molar-refractivity contribution is 5.96. The number of hydrogen-bond acceptors (Lipinski definition) is 7. The first-order chi connectivity index (χ1) is 16.4. The molecule has 34 heavy (non-hydrogen) atoms. The number of amides is 1. The predicted molar refractivity (Wildman–Crippen MR) is 122 cm³/mol. The van der Waals surface area contributed by atoms with E-state index in [0.717, 1.165) is 11.1 Å². The summed E-state index contributed by atoms with van der Waals surface area (Å²) in [7, 11) is 1.87. The van der Waals surface area contributed by atoms with Gasteiger partial charge in [0.05, 0.1) is 41.3 Å². The molecule has 4 atom stereocenters. The lowest BCUT2D eigenvalue weighted by molar-refractivity contribution is -0.130. The summed E-state index contributed by atoms with van der Waals surface area (Å²) in [5, 5.41) is 10.4. The van der Waals surface area contributed by atoms with Gasteiger partial charge in [0.25, 0.3) is 5.91 Å². The van der Waals surface area contributed by atoms with Crippen LogP contribution in [-0.4, -0.2) is 83.3 Å². The van der Waals surface area contributed by atoms with Crippen molar-refractivity contribution in [1.82, 2.24) is 19.8 Å².